The van der Waals surface area contributed by atoms with Crippen molar-refractivity contribution in [1.29, 1.82) is 0 Å². The molecule has 0 aliphatic rings. The van der Waals surface area contributed by atoms with E-state index in [2.05, 4.69) is 19.9 Å². The highest BCUT2D eigenvalue weighted by Crippen LogP contribution is 2.26. The lowest BCUT2D eigenvalue weighted by atomic mass is 9.81. The van der Waals surface area contributed by atoms with Gasteiger partial charge in [-0.1, -0.05) is 103 Å². The van der Waals surface area contributed by atoms with E-state index in [4.69, 9.17) is 47.6 Å². The number of para-hydroxylation sites is 2. The van der Waals surface area contributed by atoms with E-state index >= 15 is 0 Å². The van der Waals surface area contributed by atoms with Crippen molar-refractivity contribution in [2.75, 3.05) is 0 Å². The predicted molar refractivity (Wildman–Crippen MR) is 156 cm³/mol. The smallest absolute Gasteiger partial charge is 0.423 e. The van der Waals surface area contributed by atoms with E-state index in [0.717, 1.165) is 33.1 Å². The molecule has 0 unspecified atom stereocenters. The van der Waals surface area contributed by atoms with E-state index in [0.29, 0.717) is 22.7 Å². The summed E-state index contributed by atoms with van der Waals surface area (Å²) in [7, 11) is -1.43. The van der Waals surface area contributed by atoms with Crippen LogP contribution in [0.5, 0.6) is 0 Å². The summed E-state index contributed by atoms with van der Waals surface area (Å²) in [6.45, 7) is 0. The number of nitrogens with zero attached hydrogens (tertiary/aromatic N) is 4. The summed E-state index contributed by atoms with van der Waals surface area (Å²) in [6.07, 6.45) is 0. The number of benzene rings is 4. The average Bonchev–Trinajstić information content (AvgIpc) is 2.94. The van der Waals surface area contributed by atoms with Gasteiger partial charge in [-0.25, -0.2) is 19.9 Å². The van der Waals surface area contributed by atoms with Crippen LogP contribution in [-0.4, -0.2) is 37.1 Å². The summed E-state index contributed by atoms with van der Waals surface area (Å²) in [6, 6.07) is 29.3. The number of hydrogen-bond acceptors (Lipinski definition) is 6. The van der Waals surface area contributed by atoms with Crippen LogP contribution in [-0.2, 0) is 0 Å². The largest absolute Gasteiger partial charge is 0.488 e. The highest BCUT2D eigenvalue weighted by Gasteiger charge is 2.08. The maximum atomic E-state index is 8.61. The second-order valence-electron chi connectivity index (χ2n) is 7.65. The zero-order valence-corrected chi connectivity index (χ0v) is 21.9. The summed E-state index contributed by atoms with van der Waals surface area (Å²) in [5, 5.41) is 19.8. The third-order valence-electron chi connectivity index (χ3n) is 5.14. The van der Waals surface area contributed by atoms with E-state index < -0.39 is 7.12 Å². The molecule has 2 aromatic heterocycles. The maximum Gasteiger partial charge on any atom is 0.488 e. The van der Waals surface area contributed by atoms with Gasteiger partial charge in [-0.2, -0.15) is 0 Å². The molecule has 38 heavy (non-hydrogen) atoms. The Morgan fingerprint density at radius 1 is 0.579 bits per heavy atom. The first-order chi connectivity index (χ1) is 19.2. The van der Waals surface area contributed by atoms with Gasteiger partial charge in [0.15, 0.2) is 0 Å². The van der Waals surface area contributed by atoms with Crippen molar-refractivity contribution in [3.63, 3.8) is 0 Å². The molecule has 6 nitrogen and oxygen atoms in total. The Bertz CT molecular complexity index is 1750. The third kappa shape index (κ3) is 7.25. The predicted octanol–water partition coefficient (Wildman–Crippen LogP) is 6.25. The van der Waals surface area contributed by atoms with Crippen molar-refractivity contribution in [3.05, 3.63) is 125 Å². The first kappa shape index (κ1) is 24.7. The van der Waals surface area contributed by atoms with E-state index in [9.17, 15) is 0 Å². The van der Waals surface area contributed by atoms with Gasteiger partial charge in [0.1, 0.15) is 5.15 Å². The summed E-state index contributed by atoms with van der Waals surface area (Å²) in [5.74, 6) is 0. The molecule has 6 rings (SSSR count). The van der Waals surface area contributed by atoms with Gasteiger partial charge in [0.05, 0.1) is 19.5 Å². The van der Waals surface area contributed by atoms with Crippen LogP contribution in [0, 0.1) is 0 Å². The van der Waals surface area contributed by atoms with Gasteiger partial charge >= 0.3 is 7.12 Å². The van der Waals surface area contributed by atoms with Crippen molar-refractivity contribution in [2.24, 2.45) is 0 Å². The number of hydrogen-bond donors (Lipinski definition) is 2. The summed E-state index contributed by atoms with van der Waals surface area (Å²) in [5.41, 5.74) is 3.73. The van der Waals surface area contributed by atoms with Crippen LogP contribution < -0.4 is 5.46 Å². The molecule has 0 amide bonds. The first-order valence-corrected chi connectivity index (χ1v) is 12.3. The molecule has 6 aromatic rings. The maximum absolute atomic E-state index is 8.61. The standard InChI is InChI=1S/C14H9ClN2.C8H4Cl2N2.C6H7BO2/c15-14-16-12-9-5-4-8-11(12)13(17-14)10-6-2-1-3-7-10;9-7-5-3-1-2-4-6(5)11-8(10)12-7;8-7(9)6-4-2-1-3-5-6/h1-9H;1-4H;1-5,8-9H/i1D;;1D. The van der Waals surface area contributed by atoms with Crippen molar-refractivity contribution < 1.29 is 12.8 Å². The summed E-state index contributed by atoms with van der Waals surface area (Å²) in [4.78, 5) is 16.3. The van der Waals surface area contributed by atoms with E-state index in [1.807, 2.05) is 60.7 Å². The molecule has 0 radical (unpaired) electrons. The molecule has 0 aliphatic carbocycles. The van der Waals surface area contributed by atoms with Gasteiger partial charge in [-0.3, -0.25) is 0 Å². The minimum Gasteiger partial charge on any atom is -0.423 e. The van der Waals surface area contributed by atoms with Crippen molar-refractivity contribution >= 4 is 69.2 Å². The van der Waals surface area contributed by atoms with Gasteiger partial charge in [-0.05, 0) is 46.9 Å². The molecule has 0 saturated heterocycles. The minimum atomic E-state index is -1.43. The Kier molecular flexibility index (Phi) is 8.65. The normalized spacial score (nSPS) is 11.0. The molecule has 0 bridgehead atoms. The molecule has 4 aromatic carbocycles. The fourth-order valence-electron chi connectivity index (χ4n) is 3.40. The summed E-state index contributed by atoms with van der Waals surface area (Å²) >= 11 is 17.4. The van der Waals surface area contributed by atoms with Gasteiger partial charge < -0.3 is 10.0 Å². The van der Waals surface area contributed by atoms with Crippen LogP contribution in [0.2, 0.25) is 15.7 Å². The second-order valence-corrected chi connectivity index (χ2v) is 8.69. The molecule has 188 valence electrons. The third-order valence-corrected chi connectivity index (χ3v) is 5.77. The number of aromatic nitrogens is 4. The zero-order valence-electron chi connectivity index (χ0n) is 21.6. The van der Waals surface area contributed by atoms with Gasteiger partial charge in [0.2, 0.25) is 10.6 Å². The lowest BCUT2D eigenvalue weighted by Crippen LogP contribution is -2.29. The minimum absolute atomic E-state index is 0.179. The Labute approximate surface area is 237 Å². The van der Waals surface area contributed by atoms with E-state index in [1.165, 1.54) is 24.3 Å². The number of rotatable bonds is 2. The Morgan fingerprint density at radius 3 is 1.68 bits per heavy atom. The SMILES string of the molecule is Clc1nc(Cl)c2ccccc2n1.[2H]c1ccc(-c2nc(Cl)nc3ccccc23)cc1.[2H]c1ccc(B(O)O)cc1. The molecule has 2 heterocycles. The Balaban J connectivity index is 0.000000147. The van der Waals surface area contributed by atoms with Crippen LogP contribution in [0.4, 0.5) is 0 Å². The zero-order chi connectivity index (χ0) is 28.6. The molecule has 0 spiro atoms. The molecule has 0 saturated carbocycles. The number of fused-ring (bicyclic) bond motifs is 2. The molecule has 0 fully saturated rings. The molecule has 2 N–H and O–H groups in total. The van der Waals surface area contributed by atoms with Crippen LogP contribution in [0.15, 0.2) is 109 Å². The second kappa shape index (κ2) is 13.3. The highest BCUT2D eigenvalue weighted by atomic mass is 35.5. The number of halogens is 3. The van der Waals surface area contributed by atoms with Crippen molar-refractivity contribution in [3.8, 4) is 11.3 Å². The molecule has 0 aliphatic heterocycles. The molecule has 10 heteroatoms. The van der Waals surface area contributed by atoms with Gasteiger partial charge in [0.25, 0.3) is 0 Å². The highest BCUT2D eigenvalue weighted by molar-refractivity contribution is 6.58. The van der Waals surface area contributed by atoms with E-state index in [-0.39, 0.29) is 10.6 Å². The summed E-state index contributed by atoms with van der Waals surface area (Å²) < 4.78 is 14.6. The fraction of sp³-hybridized carbons (Fsp3) is 0. The van der Waals surface area contributed by atoms with Crippen LogP contribution in [0.1, 0.15) is 2.74 Å². The van der Waals surface area contributed by atoms with Gasteiger partial charge in [-0.15, -0.1) is 0 Å². The molecular weight excluding hydrogens is 542 g/mol. The van der Waals surface area contributed by atoms with Gasteiger partial charge in [0, 0.05) is 16.3 Å². The molecule has 0 atom stereocenters. The lowest BCUT2D eigenvalue weighted by Gasteiger charge is -2.05. The van der Waals surface area contributed by atoms with Crippen molar-refractivity contribution in [1.82, 2.24) is 19.9 Å². The quantitative estimate of drug-likeness (QED) is 0.147. The van der Waals surface area contributed by atoms with Crippen LogP contribution in [0.25, 0.3) is 33.1 Å². The Hall–Kier alpha value is -3.59. The van der Waals surface area contributed by atoms with Crippen LogP contribution in [0.3, 0.4) is 0 Å². The Morgan fingerprint density at radius 2 is 1.08 bits per heavy atom. The van der Waals surface area contributed by atoms with E-state index in [1.54, 1.807) is 12.1 Å². The monoisotopic (exact) mass is 562 g/mol. The van der Waals surface area contributed by atoms with Crippen molar-refractivity contribution in [2.45, 2.75) is 0 Å². The first-order valence-electron chi connectivity index (χ1n) is 12.2. The average molecular weight is 564 g/mol. The topological polar surface area (TPSA) is 92.0 Å². The fourth-order valence-corrected chi connectivity index (χ4v) is 4.03. The lowest BCUT2D eigenvalue weighted by molar-refractivity contribution is 0.426. The van der Waals surface area contributed by atoms with Crippen LogP contribution >= 0.6 is 34.8 Å². The molecular formula is C28H20BCl3N4O2.